The first-order valence-electron chi connectivity index (χ1n) is 10.6. The molecule has 1 aromatic carbocycles. The molecule has 12 heteroatoms. The lowest BCUT2D eigenvalue weighted by atomic mass is 9.92. The Kier molecular flexibility index (Phi) is 8.14. The van der Waals surface area contributed by atoms with Crippen LogP contribution in [0.25, 0.3) is 10.4 Å². The van der Waals surface area contributed by atoms with Gasteiger partial charge in [0, 0.05) is 18.2 Å². The third-order valence-corrected chi connectivity index (χ3v) is 7.38. The number of halogens is 1. The molecule has 2 heterocycles. The van der Waals surface area contributed by atoms with Crippen LogP contribution in [0.2, 0.25) is 5.15 Å². The second-order valence-corrected chi connectivity index (χ2v) is 12.0. The zero-order chi connectivity index (χ0) is 25.8. The van der Waals surface area contributed by atoms with Crippen LogP contribution in [-0.2, 0) is 19.6 Å². The fourth-order valence-electron chi connectivity index (χ4n) is 3.05. The van der Waals surface area contributed by atoms with Gasteiger partial charge in [0.05, 0.1) is 27.7 Å². The Balaban J connectivity index is 1.73. The molecule has 0 aliphatic rings. The molecule has 0 aliphatic heterocycles. The largest absolute Gasteiger partial charge is 0.347 e. The van der Waals surface area contributed by atoms with Gasteiger partial charge in [0.2, 0.25) is 11.8 Å². The van der Waals surface area contributed by atoms with E-state index < -0.39 is 15.9 Å². The molecule has 3 rings (SSSR count). The summed E-state index contributed by atoms with van der Waals surface area (Å²) in [6.45, 7) is 7.41. The Bertz CT molecular complexity index is 1340. The number of thiazole rings is 1. The first-order chi connectivity index (χ1) is 16.3. The molecule has 0 fully saturated rings. The fraction of sp³-hybridized carbons (Fsp3) is 0.304. The molecule has 0 unspecified atom stereocenters. The lowest BCUT2D eigenvalue weighted by Gasteiger charge is -2.16. The summed E-state index contributed by atoms with van der Waals surface area (Å²) in [5, 5.41) is 5.61. The molecule has 0 saturated carbocycles. The van der Waals surface area contributed by atoms with E-state index in [0.717, 1.165) is 0 Å². The number of hydrogen-bond donors (Lipinski definition) is 3. The second kappa shape index (κ2) is 10.7. The van der Waals surface area contributed by atoms with Gasteiger partial charge in [-0.05, 0) is 30.5 Å². The Hall–Kier alpha value is -3.02. The van der Waals surface area contributed by atoms with Crippen LogP contribution in [0, 0.1) is 12.3 Å². The molecule has 186 valence electrons. The summed E-state index contributed by atoms with van der Waals surface area (Å²) in [7, 11) is -3.86. The highest BCUT2D eigenvalue weighted by molar-refractivity contribution is 7.92. The van der Waals surface area contributed by atoms with Gasteiger partial charge in [-0.3, -0.25) is 14.3 Å². The molecule has 9 nitrogen and oxygen atoms in total. The van der Waals surface area contributed by atoms with E-state index in [-0.39, 0.29) is 33.6 Å². The summed E-state index contributed by atoms with van der Waals surface area (Å²) in [4.78, 5) is 33.4. The number of amides is 2. The topological polar surface area (TPSA) is 130 Å². The van der Waals surface area contributed by atoms with Crippen molar-refractivity contribution in [3.05, 3.63) is 53.4 Å². The number of hydrogen-bond acceptors (Lipinski definition) is 7. The lowest BCUT2D eigenvalue weighted by Crippen LogP contribution is -2.34. The van der Waals surface area contributed by atoms with Crippen LogP contribution >= 0.6 is 22.9 Å². The van der Waals surface area contributed by atoms with Crippen LogP contribution in [0.4, 0.5) is 10.8 Å². The monoisotopic (exact) mass is 535 g/mol. The van der Waals surface area contributed by atoms with Gasteiger partial charge >= 0.3 is 0 Å². The van der Waals surface area contributed by atoms with Gasteiger partial charge in [-0.15, -0.1) is 0 Å². The summed E-state index contributed by atoms with van der Waals surface area (Å²) in [6.07, 6.45) is 1.81. The van der Waals surface area contributed by atoms with E-state index in [2.05, 4.69) is 25.3 Å². The van der Waals surface area contributed by atoms with Crippen LogP contribution in [0.3, 0.4) is 0 Å². The molecular formula is C23H26ClN5O4S2. The Morgan fingerprint density at radius 1 is 1.11 bits per heavy atom. The molecule has 0 bridgehead atoms. The van der Waals surface area contributed by atoms with E-state index in [1.807, 2.05) is 20.8 Å². The highest BCUT2D eigenvalue weighted by atomic mass is 35.5. The van der Waals surface area contributed by atoms with Gasteiger partial charge in [0.1, 0.15) is 0 Å². The summed E-state index contributed by atoms with van der Waals surface area (Å²) in [5.74, 6) is -0.612. The van der Waals surface area contributed by atoms with Crippen molar-refractivity contribution in [2.45, 2.75) is 39.0 Å². The smallest absolute Gasteiger partial charge is 0.261 e. The minimum absolute atomic E-state index is 0.00468. The molecule has 2 amide bonds. The maximum absolute atomic E-state index is 12.7. The number of benzene rings is 1. The van der Waals surface area contributed by atoms with E-state index >= 15 is 0 Å². The van der Waals surface area contributed by atoms with Crippen LogP contribution in [-0.4, -0.2) is 36.7 Å². The van der Waals surface area contributed by atoms with Crippen molar-refractivity contribution in [1.29, 1.82) is 0 Å². The van der Waals surface area contributed by atoms with Gasteiger partial charge in [0.15, 0.2) is 10.3 Å². The van der Waals surface area contributed by atoms with Crippen molar-refractivity contribution in [1.82, 2.24) is 15.3 Å². The van der Waals surface area contributed by atoms with Gasteiger partial charge in [-0.1, -0.05) is 61.9 Å². The summed E-state index contributed by atoms with van der Waals surface area (Å²) in [5.41, 5.74) is 1.13. The number of carbonyl (C=O) groups is 2. The average Bonchev–Trinajstić information content (AvgIpc) is 3.13. The zero-order valence-electron chi connectivity index (χ0n) is 19.7. The van der Waals surface area contributed by atoms with Crippen molar-refractivity contribution in [2.75, 3.05) is 16.6 Å². The van der Waals surface area contributed by atoms with Crippen molar-refractivity contribution >= 4 is 55.6 Å². The minimum atomic E-state index is -3.86. The number of aryl methyl sites for hydroxylation is 1. The van der Waals surface area contributed by atoms with Crippen LogP contribution < -0.4 is 15.4 Å². The number of carbonyl (C=O) groups excluding carboxylic acids is 2. The standard InChI is InChI=1S/C23H26ClN5O4S2/c1-14-20(34-22(27-14)28-19(31)13-25-18(30)11-23(2,3)4)15-10-17(21(24)26-12-15)29-35(32,33)16-8-6-5-7-9-16/h5-10,12,29H,11,13H2,1-4H3,(H,25,30)(H,27,28,31). The number of aromatic nitrogens is 2. The minimum Gasteiger partial charge on any atom is -0.347 e. The first kappa shape index (κ1) is 26.6. The molecule has 0 atom stereocenters. The number of rotatable bonds is 8. The molecule has 35 heavy (non-hydrogen) atoms. The third kappa shape index (κ3) is 7.48. The normalized spacial score (nSPS) is 11.7. The Labute approximate surface area is 213 Å². The second-order valence-electron chi connectivity index (χ2n) is 8.98. The third-order valence-electron chi connectivity index (χ3n) is 4.58. The van der Waals surface area contributed by atoms with E-state index in [9.17, 15) is 18.0 Å². The van der Waals surface area contributed by atoms with Crippen molar-refractivity contribution < 1.29 is 18.0 Å². The van der Waals surface area contributed by atoms with Crippen LogP contribution in [0.15, 0.2) is 47.5 Å². The molecule has 3 N–H and O–H groups in total. The SMILES string of the molecule is Cc1nc(NC(=O)CNC(=O)CC(C)(C)C)sc1-c1cnc(Cl)c(NS(=O)(=O)c2ccccc2)c1. The Morgan fingerprint density at radius 3 is 2.46 bits per heavy atom. The first-order valence-corrected chi connectivity index (χ1v) is 13.3. The van der Waals surface area contributed by atoms with E-state index in [4.69, 9.17) is 11.6 Å². The van der Waals surface area contributed by atoms with E-state index in [0.29, 0.717) is 27.7 Å². The zero-order valence-corrected chi connectivity index (χ0v) is 22.1. The molecule has 0 spiro atoms. The van der Waals surface area contributed by atoms with Gasteiger partial charge < -0.3 is 10.6 Å². The van der Waals surface area contributed by atoms with Gasteiger partial charge in [-0.2, -0.15) is 0 Å². The predicted octanol–water partition coefficient (Wildman–Crippen LogP) is 4.46. The fourth-order valence-corrected chi connectivity index (χ4v) is 5.30. The molecule has 3 aromatic rings. The maximum Gasteiger partial charge on any atom is 0.261 e. The number of anilines is 2. The molecule has 0 aliphatic carbocycles. The average molecular weight is 536 g/mol. The number of sulfonamides is 1. The molecule has 0 radical (unpaired) electrons. The van der Waals surface area contributed by atoms with Crippen molar-refractivity contribution in [3.8, 4) is 10.4 Å². The van der Waals surface area contributed by atoms with Crippen molar-refractivity contribution in [3.63, 3.8) is 0 Å². The van der Waals surface area contributed by atoms with E-state index in [1.54, 1.807) is 31.2 Å². The highest BCUT2D eigenvalue weighted by Crippen LogP contribution is 2.35. The van der Waals surface area contributed by atoms with Gasteiger partial charge in [-0.25, -0.2) is 18.4 Å². The van der Waals surface area contributed by atoms with Crippen LogP contribution in [0.1, 0.15) is 32.9 Å². The summed E-state index contributed by atoms with van der Waals surface area (Å²) in [6, 6.07) is 9.48. The number of nitrogens with zero attached hydrogens (tertiary/aromatic N) is 2. The summed E-state index contributed by atoms with van der Waals surface area (Å²) >= 11 is 7.35. The number of nitrogens with one attached hydrogen (secondary N) is 3. The predicted molar refractivity (Wildman–Crippen MR) is 138 cm³/mol. The van der Waals surface area contributed by atoms with E-state index in [1.165, 1.54) is 29.7 Å². The molecule has 2 aromatic heterocycles. The lowest BCUT2D eigenvalue weighted by molar-refractivity contribution is -0.125. The summed E-state index contributed by atoms with van der Waals surface area (Å²) < 4.78 is 27.9. The Morgan fingerprint density at radius 2 is 1.80 bits per heavy atom. The molecular weight excluding hydrogens is 510 g/mol. The maximum atomic E-state index is 12.7. The van der Waals surface area contributed by atoms with Crippen LogP contribution in [0.5, 0.6) is 0 Å². The van der Waals surface area contributed by atoms with Gasteiger partial charge in [0.25, 0.3) is 10.0 Å². The highest BCUT2D eigenvalue weighted by Gasteiger charge is 2.19. The quantitative estimate of drug-likeness (QED) is 0.365. The number of pyridine rings is 1. The molecule has 0 saturated heterocycles. The van der Waals surface area contributed by atoms with Crippen molar-refractivity contribution in [2.24, 2.45) is 5.41 Å².